The molecule has 3 aromatic heterocycles. The molecule has 9 heteroatoms. The Kier molecular flexibility index (Phi) is 3.09. The first kappa shape index (κ1) is 12.6. The average molecular weight is 291 g/mol. The number of imidazole rings is 1. The maximum atomic E-state index is 5.80. The molecular formula is C11H11ClN8. The van der Waals surface area contributed by atoms with E-state index in [1.807, 2.05) is 7.05 Å². The fraction of sp³-hybridized carbons (Fsp3) is 0.0909. The van der Waals surface area contributed by atoms with Crippen molar-refractivity contribution < 1.29 is 0 Å². The molecule has 0 saturated heterocycles. The molecule has 20 heavy (non-hydrogen) atoms. The molecule has 0 amide bonds. The van der Waals surface area contributed by atoms with E-state index in [9.17, 15) is 0 Å². The van der Waals surface area contributed by atoms with Gasteiger partial charge in [0.05, 0.1) is 11.3 Å². The van der Waals surface area contributed by atoms with Gasteiger partial charge < -0.3 is 9.88 Å². The van der Waals surface area contributed by atoms with Crippen molar-refractivity contribution in [2.45, 2.75) is 0 Å². The molecule has 4 N–H and O–H groups in total. The molecule has 0 bridgehead atoms. The van der Waals surface area contributed by atoms with Gasteiger partial charge in [-0.2, -0.15) is 9.97 Å². The molecule has 0 saturated carbocycles. The number of anilines is 3. The highest BCUT2D eigenvalue weighted by atomic mass is 35.5. The highest BCUT2D eigenvalue weighted by Gasteiger charge is 2.12. The van der Waals surface area contributed by atoms with Crippen LogP contribution in [0.2, 0.25) is 5.02 Å². The van der Waals surface area contributed by atoms with Crippen molar-refractivity contribution >= 4 is 40.3 Å². The van der Waals surface area contributed by atoms with Crippen molar-refractivity contribution in [1.29, 1.82) is 0 Å². The van der Waals surface area contributed by atoms with Crippen molar-refractivity contribution in [1.82, 2.24) is 24.5 Å². The van der Waals surface area contributed by atoms with Crippen molar-refractivity contribution in [2.75, 3.05) is 10.7 Å². The highest BCUT2D eigenvalue weighted by molar-refractivity contribution is 6.30. The number of nitrogens with zero attached hydrogens (tertiary/aromatic N) is 5. The smallest absolute Gasteiger partial charge is 0.241 e. The molecule has 0 aliphatic heterocycles. The third-order valence-corrected chi connectivity index (χ3v) is 2.89. The lowest BCUT2D eigenvalue weighted by Crippen LogP contribution is -2.12. The van der Waals surface area contributed by atoms with Crippen LogP contribution >= 0.6 is 11.6 Å². The second-order valence-electron chi connectivity index (χ2n) is 4.05. The van der Waals surface area contributed by atoms with Gasteiger partial charge >= 0.3 is 0 Å². The number of nitrogen functional groups attached to an aromatic ring is 1. The Bertz CT molecular complexity index is 751. The summed E-state index contributed by atoms with van der Waals surface area (Å²) in [6, 6.07) is 3.48. The molecule has 0 aromatic carbocycles. The van der Waals surface area contributed by atoms with Crippen LogP contribution in [0.4, 0.5) is 17.6 Å². The maximum Gasteiger partial charge on any atom is 0.241 e. The fourth-order valence-corrected chi connectivity index (χ4v) is 1.84. The molecule has 0 radical (unpaired) electrons. The first-order valence-electron chi connectivity index (χ1n) is 5.71. The number of nitrogens with two attached hydrogens (primary N) is 1. The topological polar surface area (TPSA) is 107 Å². The molecule has 3 rings (SSSR count). The second kappa shape index (κ2) is 4.91. The maximum absolute atomic E-state index is 5.80. The minimum Gasteiger partial charge on any atom is -0.323 e. The number of hydrazine groups is 1. The van der Waals surface area contributed by atoms with Crippen LogP contribution in [-0.2, 0) is 7.05 Å². The Hall–Kier alpha value is -2.45. The number of aryl methyl sites for hydroxylation is 1. The molecule has 0 spiro atoms. The normalized spacial score (nSPS) is 10.8. The number of aromatic nitrogens is 5. The minimum absolute atomic E-state index is 0.289. The van der Waals surface area contributed by atoms with Crippen LogP contribution in [0.3, 0.4) is 0 Å². The van der Waals surface area contributed by atoms with E-state index in [0.717, 1.165) is 0 Å². The van der Waals surface area contributed by atoms with Gasteiger partial charge in [-0.25, -0.2) is 15.8 Å². The average Bonchev–Trinajstić information content (AvgIpc) is 2.83. The summed E-state index contributed by atoms with van der Waals surface area (Å²) in [5.74, 6) is 6.78. The van der Waals surface area contributed by atoms with Gasteiger partial charge in [0, 0.05) is 13.2 Å². The third kappa shape index (κ3) is 2.22. The zero-order valence-electron chi connectivity index (χ0n) is 10.5. The molecule has 102 valence electrons. The van der Waals surface area contributed by atoms with E-state index in [1.165, 1.54) is 0 Å². The molecule has 8 nitrogen and oxygen atoms in total. The zero-order chi connectivity index (χ0) is 14.1. The number of nitrogens with one attached hydrogen (secondary N) is 2. The number of hydrogen-bond donors (Lipinski definition) is 3. The fourth-order valence-electron chi connectivity index (χ4n) is 1.73. The van der Waals surface area contributed by atoms with Crippen molar-refractivity contribution in [2.24, 2.45) is 12.9 Å². The van der Waals surface area contributed by atoms with Crippen molar-refractivity contribution in [3.63, 3.8) is 0 Å². The Labute approximate surface area is 119 Å². The summed E-state index contributed by atoms with van der Waals surface area (Å²) in [5, 5.41) is 3.63. The monoisotopic (exact) mass is 290 g/mol. The molecule has 3 heterocycles. The van der Waals surface area contributed by atoms with Crippen LogP contribution in [0, 0.1) is 0 Å². The number of hydrogen-bond acceptors (Lipinski definition) is 7. The lowest BCUT2D eigenvalue weighted by Gasteiger charge is -2.07. The van der Waals surface area contributed by atoms with E-state index in [4.69, 9.17) is 17.4 Å². The molecule has 0 unspecified atom stereocenters. The summed E-state index contributed by atoms with van der Waals surface area (Å²) in [6.07, 6.45) is 3.20. The zero-order valence-corrected chi connectivity index (χ0v) is 11.3. The van der Waals surface area contributed by atoms with Crippen LogP contribution in [0.25, 0.3) is 11.2 Å². The summed E-state index contributed by atoms with van der Waals surface area (Å²) in [6.45, 7) is 0. The lowest BCUT2D eigenvalue weighted by molar-refractivity contribution is 0.928. The summed E-state index contributed by atoms with van der Waals surface area (Å²) in [4.78, 5) is 16.9. The van der Waals surface area contributed by atoms with E-state index in [-0.39, 0.29) is 5.95 Å². The van der Waals surface area contributed by atoms with Crippen molar-refractivity contribution in [3.05, 3.63) is 29.7 Å². The highest BCUT2D eigenvalue weighted by Crippen LogP contribution is 2.23. The quantitative estimate of drug-likeness (QED) is 0.495. The first-order valence-corrected chi connectivity index (χ1v) is 6.09. The van der Waals surface area contributed by atoms with Gasteiger partial charge in [-0.3, -0.25) is 5.43 Å². The van der Waals surface area contributed by atoms with Crippen LogP contribution in [0.1, 0.15) is 0 Å². The number of rotatable bonds is 3. The standard InChI is InChI=1S/C11H11ClN8/c1-20-5-15-8-9(17-11(19-13)18-10(8)20)16-7-3-2-6(12)4-14-7/h2-5H,13H2,1H3,(H2,14,16,17,18,19). The Morgan fingerprint density at radius 1 is 1.25 bits per heavy atom. The van der Waals surface area contributed by atoms with Gasteiger partial charge in [0.1, 0.15) is 5.82 Å². The summed E-state index contributed by atoms with van der Waals surface area (Å²) >= 11 is 5.80. The SMILES string of the molecule is Cn1cnc2c(Nc3ccc(Cl)cn3)nc(NN)nc21. The van der Waals surface area contributed by atoms with E-state index in [1.54, 1.807) is 29.2 Å². The van der Waals surface area contributed by atoms with Gasteiger partial charge in [0.2, 0.25) is 5.95 Å². The van der Waals surface area contributed by atoms with Crippen LogP contribution in [0.5, 0.6) is 0 Å². The van der Waals surface area contributed by atoms with Gasteiger partial charge in [0.25, 0.3) is 0 Å². The van der Waals surface area contributed by atoms with E-state index >= 15 is 0 Å². The Morgan fingerprint density at radius 3 is 2.80 bits per heavy atom. The number of fused-ring (bicyclic) bond motifs is 1. The predicted molar refractivity (Wildman–Crippen MR) is 76.6 cm³/mol. The van der Waals surface area contributed by atoms with Crippen LogP contribution in [0.15, 0.2) is 24.7 Å². The molecule has 0 aliphatic rings. The molecular weight excluding hydrogens is 280 g/mol. The second-order valence-corrected chi connectivity index (χ2v) is 4.49. The van der Waals surface area contributed by atoms with E-state index < -0.39 is 0 Å². The Morgan fingerprint density at radius 2 is 2.10 bits per heavy atom. The van der Waals surface area contributed by atoms with Crippen molar-refractivity contribution in [3.8, 4) is 0 Å². The van der Waals surface area contributed by atoms with Gasteiger partial charge in [-0.05, 0) is 12.1 Å². The largest absolute Gasteiger partial charge is 0.323 e. The number of halogens is 1. The van der Waals surface area contributed by atoms with E-state index in [0.29, 0.717) is 27.8 Å². The third-order valence-electron chi connectivity index (χ3n) is 2.66. The molecule has 0 atom stereocenters. The van der Waals surface area contributed by atoms with E-state index in [2.05, 4.69) is 30.7 Å². The summed E-state index contributed by atoms with van der Waals surface area (Å²) < 4.78 is 1.78. The molecule has 0 aliphatic carbocycles. The van der Waals surface area contributed by atoms with Gasteiger partial charge in [-0.1, -0.05) is 11.6 Å². The minimum atomic E-state index is 0.289. The first-order chi connectivity index (χ1) is 9.67. The number of pyridine rings is 1. The molecule has 0 fully saturated rings. The van der Waals surface area contributed by atoms with Gasteiger partial charge in [0.15, 0.2) is 17.0 Å². The predicted octanol–water partition coefficient (Wildman–Crippen LogP) is 1.44. The molecule has 3 aromatic rings. The van der Waals surface area contributed by atoms with Crippen LogP contribution < -0.4 is 16.6 Å². The Balaban J connectivity index is 2.07. The lowest BCUT2D eigenvalue weighted by atomic mass is 10.4. The summed E-state index contributed by atoms with van der Waals surface area (Å²) in [7, 11) is 1.84. The van der Waals surface area contributed by atoms with Crippen LogP contribution in [-0.4, -0.2) is 24.5 Å². The van der Waals surface area contributed by atoms with Gasteiger partial charge in [-0.15, -0.1) is 0 Å². The summed E-state index contributed by atoms with van der Waals surface area (Å²) in [5.41, 5.74) is 3.71.